The van der Waals surface area contributed by atoms with Gasteiger partial charge in [-0.05, 0) is 49.2 Å². The molecule has 2 rings (SSSR count). The van der Waals surface area contributed by atoms with E-state index in [1.54, 1.807) is 48.5 Å². The van der Waals surface area contributed by atoms with Gasteiger partial charge in [0.25, 0.3) is 0 Å². The molecule has 2 aromatic rings. The Morgan fingerprint density at radius 2 is 1.12 bits per heavy atom. The molecule has 0 amide bonds. The van der Waals surface area contributed by atoms with E-state index >= 15 is 0 Å². The lowest BCUT2D eigenvalue weighted by molar-refractivity contribution is -0.153. The number of benzene rings is 2. The monoisotopic (exact) mass is 440 g/mol. The van der Waals surface area contributed by atoms with Gasteiger partial charge in [-0.1, -0.05) is 24.3 Å². The van der Waals surface area contributed by atoms with E-state index < -0.39 is 17.0 Å². The zero-order valence-electron chi connectivity index (χ0n) is 17.8. The van der Waals surface area contributed by atoms with E-state index in [1.165, 1.54) is 26.0 Å². The normalized spacial score (nSPS) is 14.1. The molecule has 0 aliphatic heterocycles. The average Bonchev–Trinajstić information content (AvgIpc) is 2.75. The van der Waals surface area contributed by atoms with Gasteiger partial charge in [-0.2, -0.15) is 9.98 Å². The minimum absolute atomic E-state index is 0.0151. The van der Waals surface area contributed by atoms with Crippen LogP contribution in [0.2, 0.25) is 0 Å². The van der Waals surface area contributed by atoms with Crippen LogP contribution in [0.25, 0.3) is 0 Å². The quantitative estimate of drug-likeness (QED) is 0.380. The number of carbonyl (C=O) groups is 1. The molecule has 168 valence electrons. The van der Waals surface area contributed by atoms with E-state index in [9.17, 15) is 24.6 Å². The summed E-state index contributed by atoms with van der Waals surface area (Å²) >= 11 is 0. The van der Waals surface area contributed by atoms with Crippen LogP contribution in [0.4, 0.5) is 0 Å². The van der Waals surface area contributed by atoms with Crippen LogP contribution in [-0.4, -0.2) is 52.8 Å². The van der Waals surface area contributed by atoms with Gasteiger partial charge in [0.05, 0.1) is 0 Å². The maximum atomic E-state index is 12.9. The largest absolute Gasteiger partial charge is 0.471 e. The number of hydrogen-bond donors (Lipinski definition) is 2. The molecule has 0 fully saturated rings. The highest BCUT2D eigenvalue weighted by atomic mass is 16.5. The molecular formula is C23H24N2O7. The summed E-state index contributed by atoms with van der Waals surface area (Å²) in [5, 5.41) is 21.6. The summed E-state index contributed by atoms with van der Waals surface area (Å²) < 4.78 is 10.4. The summed E-state index contributed by atoms with van der Waals surface area (Å²) in [6.45, 7) is 2.42. The molecule has 0 bridgehead atoms. The number of Topliss-reactive ketones (excluding diaryl/α,β-unsaturated/α-hetero) is 1. The Hall–Kier alpha value is -3.61. The van der Waals surface area contributed by atoms with Gasteiger partial charge in [-0.25, -0.2) is 9.59 Å². The maximum Gasteiger partial charge on any atom is 0.238 e. The van der Waals surface area contributed by atoms with Crippen molar-refractivity contribution >= 4 is 17.9 Å². The van der Waals surface area contributed by atoms with E-state index in [1.807, 2.05) is 0 Å². The summed E-state index contributed by atoms with van der Waals surface area (Å²) in [5.74, 6) is 0.221. The second kappa shape index (κ2) is 11.1. The van der Waals surface area contributed by atoms with Crippen molar-refractivity contribution in [1.29, 1.82) is 0 Å². The fourth-order valence-electron chi connectivity index (χ4n) is 3.21. The van der Waals surface area contributed by atoms with Crippen molar-refractivity contribution in [3.63, 3.8) is 0 Å². The highest BCUT2D eigenvalue weighted by molar-refractivity contribution is 5.94. The van der Waals surface area contributed by atoms with Crippen LogP contribution in [-0.2, 0) is 27.2 Å². The number of carbonyl (C=O) groups excluding carboxylic acids is 3. The van der Waals surface area contributed by atoms with Crippen molar-refractivity contribution < 1.29 is 34.1 Å². The molecule has 9 nitrogen and oxygen atoms in total. The minimum Gasteiger partial charge on any atom is -0.471 e. The van der Waals surface area contributed by atoms with Crippen molar-refractivity contribution in [3.05, 3.63) is 59.7 Å². The summed E-state index contributed by atoms with van der Waals surface area (Å²) in [7, 11) is 0. The standard InChI is InChI=1S/C23H24N2O7/c1-22(29,11-17-3-7-19(8-4-17)31-15-24-13-26)21(28)23(2,30)12-18-5-9-20(10-6-18)32-16-25-14-27/h3-10,29-30H,11-12,15-16H2,1-2H3. The molecule has 0 radical (unpaired) electrons. The van der Waals surface area contributed by atoms with E-state index in [-0.39, 0.29) is 26.3 Å². The average molecular weight is 440 g/mol. The van der Waals surface area contributed by atoms with Crippen molar-refractivity contribution in [1.82, 2.24) is 0 Å². The minimum atomic E-state index is -1.82. The Balaban J connectivity index is 2.02. The number of aliphatic hydroxyl groups is 2. The lowest BCUT2D eigenvalue weighted by Crippen LogP contribution is -2.52. The zero-order chi connectivity index (χ0) is 23.6. The molecule has 0 aliphatic rings. The predicted octanol–water partition coefficient (Wildman–Crippen LogP) is 1.89. The molecule has 2 N–H and O–H groups in total. The first kappa shape index (κ1) is 24.7. The summed E-state index contributed by atoms with van der Waals surface area (Å²) in [5.41, 5.74) is -2.32. The van der Waals surface area contributed by atoms with Crippen LogP contribution < -0.4 is 9.47 Å². The Morgan fingerprint density at radius 3 is 1.44 bits per heavy atom. The van der Waals surface area contributed by atoms with Gasteiger partial charge in [0, 0.05) is 12.8 Å². The molecule has 32 heavy (non-hydrogen) atoms. The fourth-order valence-corrected chi connectivity index (χ4v) is 3.21. The van der Waals surface area contributed by atoms with Crippen molar-refractivity contribution in [2.24, 2.45) is 9.98 Å². The molecule has 0 saturated heterocycles. The lowest BCUT2D eigenvalue weighted by atomic mass is 9.80. The van der Waals surface area contributed by atoms with Gasteiger partial charge in [-0.15, -0.1) is 0 Å². The van der Waals surface area contributed by atoms with Crippen LogP contribution in [0.15, 0.2) is 58.5 Å². The van der Waals surface area contributed by atoms with Crippen LogP contribution in [0, 0.1) is 0 Å². The lowest BCUT2D eigenvalue weighted by Gasteiger charge is -2.31. The zero-order valence-corrected chi connectivity index (χ0v) is 17.8. The SMILES string of the molecule is CC(O)(Cc1ccc(OCN=C=O)cc1)C(=O)C(C)(O)Cc1ccc(OCN=C=O)cc1. The molecule has 0 aliphatic carbocycles. The molecular weight excluding hydrogens is 416 g/mol. The van der Waals surface area contributed by atoms with Gasteiger partial charge < -0.3 is 19.7 Å². The number of ether oxygens (including phenoxy) is 2. The smallest absolute Gasteiger partial charge is 0.238 e. The number of isocyanates is 2. The Kier molecular flexibility index (Phi) is 8.58. The summed E-state index contributed by atoms with van der Waals surface area (Å²) in [6.07, 6.45) is 2.71. The molecule has 0 saturated carbocycles. The fraction of sp³-hybridized carbons (Fsp3) is 0.348. The Labute approximate surface area is 185 Å². The topological polar surface area (TPSA) is 135 Å². The first-order chi connectivity index (χ1) is 15.2. The molecule has 0 heterocycles. The van der Waals surface area contributed by atoms with E-state index in [4.69, 9.17) is 9.47 Å². The summed E-state index contributed by atoms with van der Waals surface area (Å²) in [4.78, 5) is 39.6. The molecule has 2 aromatic carbocycles. The third-order valence-electron chi connectivity index (χ3n) is 4.64. The highest BCUT2D eigenvalue weighted by Crippen LogP contribution is 2.26. The third kappa shape index (κ3) is 7.27. The first-order valence-electron chi connectivity index (χ1n) is 9.68. The van der Waals surface area contributed by atoms with Crippen LogP contribution >= 0.6 is 0 Å². The van der Waals surface area contributed by atoms with E-state index in [2.05, 4.69) is 9.98 Å². The number of ketones is 1. The van der Waals surface area contributed by atoms with Crippen molar-refractivity contribution in [2.45, 2.75) is 37.9 Å². The molecule has 2 atom stereocenters. The molecule has 9 heteroatoms. The van der Waals surface area contributed by atoms with Gasteiger partial charge >= 0.3 is 0 Å². The van der Waals surface area contributed by atoms with Gasteiger partial charge in [0.15, 0.2) is 19.2 Å². The Morgan fingerprint density at radius 1 is 0.781 bits per heavy atom. The predicted molar refractivity (Wildman–Crippen MR) is 114 cm³/mol. The molecule has 0 spiro atoms. The van der Waals surface area contributed by atoms with Gasteiger partial charge in [0.2, 0.25) is 12.2 Å². The number of hydrogen-bond acceptors (Lipinski definition) is 9. The summed E-state index contributed by atoms with van der Waals surface area (Å²) in [6, 6.07) is 13.2. The third-order valence-corrected chi connectivity index (χ3v) is 4.64. The molecule has 2 unspecified atom stereocenters. The second-order valence-corrected chi connectivity index (χ2v) is 7.56. The van der Waals surface area contributed by atoms with Crippen molar-refractivity contribution in [2.75, 3.05) is 13.5 Å². The van der Waals surface area contributed by atoms with E-state index in [0.717, 1.165) is 0 Å². The van der Waals surface area contributed by atoms with Crippen LogP contribution in [0.5, 0.6) is 11.5 Å². The number of rotatable bonds is 12. The van der Waals surface area contributed by atoms with Crippen LogP contribution in [0.3, 0.4) is 0 Å². The molecule has 0 aromatic heterocycles. The van der Waals surface area contributed by atoms with Crippen LogP contribution in [0.1, 0.15) is 25.0 Å². The van der Waals surface area contributed by atoms with Gasteiger partial charge in [0.1, 0.15) is 22.7 Å². The van der Waals surface area contributed by atoms with Crippen molar-refractivity contribution in [3.8, 4) is 11.5 Å². The maximum absolute atomic E-state index is 12.9. The highest BCUT2D eigenvalue weighted by Gasteiger charge is 2.42. The first-order valence-corrected chi connectivity index (χ1v) is 9.68. The number of aliphatic imine (C=N–C) groups is 2. The second-order valence-electron chi connectivity index (χ2n) is 7.56. The Bertz CT molecular complexity index is 920. The number of nitrogens with zero attached hydrogens (tertiary/aromatic N) is 2. The van der Waals surface area contributed by atoms with Gasteiger partial charge in [-0.3, -0.25) is 4.79 Å². The van der Waals surface area contributed by atoms with E-state index in [0.29, 0.717) is 22.6 Å².